The standard InChI is InChI=1S/C19H21N3O4S2/c1-13-8-9-16(26-13)19-22-14(2)17(27-19)18(23)20-10-11-28(24,25)21-12-15-6-4-3-5-7-15/h3-9,21H,10-12H2,1-2H3,(H,20,23). The highest BCUT2D eigenvalue weighted by Crippen LogP contribution is 2.29. The topological polar surface area (TPSA) is 101 Å². The van der Waals surface area contributed by atoms with Gasteiger partial charge in [-0.1, -0.05) is 30.3 Å². The Labute approximate surface area is 167 Å². The molecule has 0 aliphatic carbocycles. The van der Waals surface area contributed by atoms with Crippen LogP contribution in [0.2, 0.25) is 0 Å². The Morgan fingerprint density at radius 2 is 1.89 bits per heavy atom. The quantitative estimate of drug-likeness (QED) is 0.585. The summed E-state index contributed by atoms with van der Waals surface area (Å²) in [5.74, 6) is 0.829. The maximum Gasteiger partial charge on any atom is 0.263 e. The first kappa shape index (κ1) is 20.2. The number of furan rings is 1. The van der Waals surface area contributed by atoms with Gasteiger partial charge in [-0.25, -0.2) is 18.1 Å². The maximum atomic E-state index is 12.4. The Bertz CT molecular complexity index is 1060. The Kier molecular flexibility index (Phi) is 6.28. The van der Waals surface area contributed by atoms with Gasteiger partial charge in [-0.2, -0.15) is 0 Å². The lowest BCUT2D eigenvalue weighted by atomic mass is 10.2. The zero-order chi connectivity index (χ0) is 20.1. The summed E-state index contributed by atoms with van der Waals surface area (Å²) in [6.07, 6.45) is 0. The van der Waals surface area contributed by atoms with Crippen LogP contribution >= 0.6 is 11.3 Å². The van der Waals surface area contributed by atoms with Crippen LogP contribution < -0.4 is 10.0 Å². The number of hydrogen-bond donors (Lipinski definition) is 2. The molecule has 7 nitrogen and oxygen atoms in total. The van der Waals surface area contributed by atoms with Crippen molar-refractivity contribution in [2.24, 2.45) is 0 Å². The zero-order valence-electron chi connectivity index (χ0n) is 15.6. The van der Waals surface area contributed by atoms with E-state index in [1.807, 2.05) is 43.3 Å². The first-order chi connectivity index (χ1) is 13.3. The van der Waals surface area contributed by atoms with E-state index in [0.717, 1.165) is 11.3 Å². The predicted molar refractivity (Wildman–Crippen MR) is 109 cm³/mol. The molecule has 0 fully saturated rings. The number of aryl methyl sites for hydroxylation is 2. The second kappa shape index (κ2) is 8.68. The first-order valence-corrected chi connectivity index (χ1v) is 11.1. The van der Waals surface area contributed by atoms with E-state index >= 15 is 0 Å². The van der Waals surface area contributed by atoms with Crippen molar-refractivity contribution in [1.29, 1.82) is 0 Å². The van der Waals surface area contributed by atoms with E-state index in [0.29, 0.717) is 21.3 Å². The van der Waals surface area contributed by atoms with E-state index < -0.39 is 10.0 Å². The lowest BCUT2D eigenvalue weighted by Crippen LogP contribution is -2.34. The number of carbonyl (C=O) groups is 1. The van der Waals surface area contributed by atoms with Crippen LogP contribution in [0.3, 0.4) is 0 Å². The minimum Gasteiger partial charge on any atom is -0.459 e. The van der Waals surface area contributed by atoms with E-state index in [1.165, 1.54) is 11.3 Å². The van der Waals surface area contributed by atoms with Crippen molar-refractivity contribution >= 4 is 27.3 Å². The smallest absolute Gasteiger partial charge is 0.263 e. The summed E-state index contributed by atoms with van der Waals surface area (Å²) in [5.41, 5.74) is 1.45. The monoisotopic (exact) mass is 419 g/mol. The van der Waals surface area contributed by atoms with Crippen LogP contribution in [0.1, 0.15) is 26.7 Å². The maximum absolute atomic E-state index is 12.4. The Hall–Kier alpha value is -2.49. The third-order valence-corrected chi connectivity index (χ3v) is 6.45. The van der Waals surface area contributed by atoms with Crippen LogP contribution in [-0.2, 0) is 16.6 Å². The van der Waals surface area contributed by atoms with E-state index in [1.54, 1.807) is 13.0 Å². The summed E-state index contributed by atoms with van der Waals surface area (Å²) in [7, 11) is -3.49. The lowest BCUT2D eigenvalue weighted by Gasteiger charge is -2.08. The molecule has 2 heterocycles. The third-order valence-electron chi connectivity index (χ3n) is 3.95. The number of amides is 1. The van der Waals surface area contributed by atoms with E-state index in [9.17, 15) is 13.2 Å². The van der Waals surface area contributed by atoms with Crippen LogP contribution in [0, 0.1) is 13.8 Å². The average molecular weight is 420 g/mol. The van der Waals surface area contributed by atoms with Gasteiger partial charge in [0, 0.05) is 13.1 Å². The average Bonchev–Trinajstić information content (AvgIpc) is 3.26. The van der Waals surface area contributed by atoms with Crippen molar-refractivity contribution in [1.82, 2.24) is 15.0 Å². The molecule has 0 unspecified atom stereocenters. The molecule has 0 aliphatic heterocycles. The largest absolute Gasteiger partial charge is 0.459 e. The number of benzene rings is 1. The molecule has 1 aromatic carbocycles. The second-order valence-corrected chi connectivity index (χ2v) is 9.15. The minimum atomic E-state index is -3.49. The lowest BCUT2D eigenvalue weighted by molar-refractivity contribution is 0.0959. The molecule has 28 heavy (non-hydrogen) atoms. The van der Waals surface area contributed by atoms with Crippen LogP contribution in [-0.4, -0.2) is 31.6 Å². The van der Waals surface area contributed by atoms with Gasteiger partial charge in [-0.05, 0) is 31.5 Å². The van der Waals surface area contributed by atoms with Crippen molar-refractivity contribution < 1.29 is 17.6 Å². The highest BCUT2D eigenvalue weighted by atomic mass is 32.2. The second-order valence-electron chi connectivity index (χ2n) is 6.23. The number of rotatable bonds is 8. The van der Waals surface area contributed by atoms with Gasteiger partial charge in [0.15, 0.2) is 10.8 Å². The summed E-state index contributed by atoms with van der Waals surface area (Å²) in [4.78, 5) is 17.2. The van der Waals surface area contributed by atoms with Crippen molar-refractivity contribution in [2.45, 2.75) is 20.4 Å². The number of sulfonamides is 1. The molecule has 9 heteroatoms. The van der Waals surface area contributed by atoms with Gasteiger partial charge in [0.25, 0.3) is 5.91 Å². The highest BCUT2D eigenvalue weighted by molar-refractivity contribution is 7.89. The van der Waals surface area contributed by atoms with Gasteiger partial charge >= 0.3 is 0 Å². The molecule has 1 amide bonds. The highest BCUT2D eigenvalue weighted by Gasteiger charge is 2.18. The van der Waals surface area contributed by atoms with Gasteiger partial charge in [-0.15, -0.1) is 11.3 Å². The molecular weight excluding hydrogens is 398 g/mol. The molecule has 0 aliphatic rings. The van der Waals surface area contributed by atoms with Crippen molar-refractivity contribution in [3.8, 4) is 10.8 Å². The molecule has 148 valence electrons. The van der Waals surface area contributed by atoms with Gasteiger partial charge < -0.3 is 9.73 Å². The first-order valence-electron chi connectivity index (χ1n) is 8.68. The summed E-state index contributed by atoms with van der Waals surface area (Å²) < 4.78 is 32.3. The number of hydrogen-bond acceptors (Lipinski definition) is 6. The molecule has 2 N–H and O–H groups in total. The van der Waals surface area contributed by atoms with E-state index in [2.05, 4.69) is 15.0 Å². The normalized spacial score (nSPS) is 11.5. The molecule has 0 spiro atoms. The van der Waals surface area contributed by atoms with Gasteiger partial charge in [0.2, 0.25) is 10.0 Å². The third kappa shape index (κ3) is 5.28. The Balaban J connectivity index is 1.53. The van der Waals surface area contributed by atoms with Crippen molar-refractivity contribution in [3.63, 3.8) is 0 Å². The molecule has 3 aromatic rings. The fraction of sp³-hybridized carbons (Fsp3) is 0.263. The van der Waals surface area contributed by atoms with E-state index in [-0.39, 0.29) is 24.7 Å². The number of carbonyl (C=O) groups excluding carboxylic acids is 1. The van der Waals surface area contributed by atoms with Crippen LogP contribution in [0.15, 0.2) is 46.9 Å². The Morgan fingerprint density at radius 1 is 1.14 bits per heavy atom. The molecule has 0 atom stereocenters. The summed E-state index contributed by atoms with van der Waals surface area (Å²) >= 11 is 1.22. The Morgan fingerprint density at radius 3 is 2.57 bits per heavy atom. The summed E-state index contributed by atoms with van der Waals surface area (Å²) in [6.45, 7) is 3.80. The molecule has 0 saturated carbocycles. The van der Waals surface area contributed by atoms with Gasteiger partial charge in [0.1, 0.15) is 10.6 Å². The van der Waals surface area contributed by atoms with Crippen LogP contribution in [0.25, 0.3) is 10.8 Å². The SMILES string of the molecule is Cc1ccc(-c2nc(C)c(C(=O)NCCS(=O)(=O)NCc3ccccc3)s2)o1. The predicted octanol–water partition coefficient (Wildman–Crippen LogP) is 2.87. The fourth-order valence-electron chi connectivity index (χ4n) is 2.50. The molecule has 0 bridgehead atoms. The molecule has 2 aromatic heterocycles. The molecule has 0 radical (unpaired) electrons. The molecule has 0 saturated heterocycles. The number of aromatic nitrogens is 1. The number of nitrogens with zero attached hydrogens (tertiary/aromatic N) is 1. The van der Waals surface area contributed by atoms with E-state index in [4.69, 9.17) is 4.42 Å². The molecule has 3 rings (SSSR count). The molecular formula is C19H21N3O4S2. The van der Waals surface area contributed by atoms with Crippen molar-refractivity contribution in [3.05, 3.63) is 64.4 Å². The fourth-order valence-corrected chi connectivity index (χ4v) is 4.35. The summed E-state index contributed by atoms with van der Waals surface area (Å²) in [5, 5.41) is 3.26. The van der Waals surface area contributed by atoms with Gasteiger partial charge in [0.05, 0.1) is 11.4 Å². The van der Waals surface area contributed by atoms with Crippen LogP contribution in [0.4, 0.5) is 0 Å². The van der Waals surface area contributed by atoms with Crippen molar-refractivity contribution in [2.75, 3.05) is 12.3 Å². The van der Waals surface area contributed by atoms with Crippen LogP contribution in [0.5, 0.6) is 0 Å². The number of nitrogens with one attached hydrogen (secondary N) is 2. The summed E-state index contributed by atoms with van der Waals surface area (Å²) in [6, 6.07) is 12.9. The number of thiazole rings is 1. The minimum absolute atomic E-state index is 0.00941. The zero-order valence-corrected chi connectivity index (χ0v) is 17.2. The van der Waals surface area contributed by atoms with Gasteiger partial charge in [-0.3, -0.25) is 4.79 Å².